The predicted octanol–water partition coefficient (Wildman–Crippen LogP) is 0.0596. The lowest BCUT2D eigenvalue weighted by atomic mass is 10.1. The average molecular weight is 305 g/mol. The third-order valence-corrected chi connectivity index (χ3v) is 3.60. The van der Waals surface area contributed by atoms with Gasteiger partial charge in [-0.1, -0.05) is 29.8 Å². The van der Waals surface area contributed by atoms with Crippen molar-refractivity contribution < 1.29 is 14.3 Å². The van der Waals surface area contributed by atoms with Gasteiger partial charge >= 0.3 is 11.8 Å². The zero-order valence-electron chi connectivity index (χ0n) is 12.9. The quantitative estimate of drug-likeness (QED) is 0.755. The van der Waals surface area contributed by atoms with Gasteiger partial charge in [0.05, 0.1) is 13.2 Å². The fourth-order valence-electron chi connectivity index (χ4n) is 2.20. The summed E-state index contributed by atoms with van der Waals surface area (Å²) in [6.07, 6.45) is 0. The van der Waals surface area contributed by atoms with Crippen LogP contribution in [0.5, 0.6) is 0 Å². The van der Waals surface area contributed by atoms with E-state index in [0.29, 0.717) is 13.1 Å². The van der Waals surface area contributed by atoms with Crippen molar-refractivity contribution in [3.05, 3.63) is 35.4 Å². The summed E-state index contributed by atoms with van der Waals surface area (Å²) >= 11 is 0. The molecular formula is C16H23N3O3. The number of carbonyl (C=O) groups excluding carboxylic acids is 2. The summed E-state index contributed by atoms with van der Waals surface area (Å²) in [7, 11) is 0. The monoisotopic (exact) mass is 305 g/mol. The van der Waals surface area contributed by atoms with Crippen LogP contribution in [0.2, 0.25) is 0 Å². The Labute approximate surface area is 130 Å². The van der Waals surface area contributed by atoms with E-state index in [1.165, 1.54) is 0 Å². The molecule has 0 spiro atoms. The summed E-state index contributed by atoms with van der Waals surface area (Å²) in [5.74, 6) is -1.18. The van der Waals surface area contributed by atoms with E-state index in [0.717, 1.165) is 44.0 Å². The molecule has 6 heteroatoms. The van der Waals surface area contributed by atoms with Gasteiger partial charge in [-0.3, -0.25) is 14.5 Å². The average Bonchev–Trinajstić information content (AvgIpc) is 2.55. The smallest absolute Gasteiger partial charge is 0.309 e. The highest BCUT2D eigenvalue weighted by Crippen LogP contribution is 2.02. The Hall–Kier alpha value is -1.92. The topological polar surface area (TPSA) is 70.7 Å². The van der Waals surface area contributed by atoms with E-state index in [9.17, 15) is 9.59 Å². The highest BCUT2D eigenvalue weighted by atomic mass is 16.5. The minimum atomic E-state index is -0.595. The largest absolute Gasteiger partial charge is 0.379 e. The van der Waals surface area contributed by atoms with Crippen molar-refractivity contribution in [2.24, 2.45) is 0 Å². The summed E-state index contributed by atoms with van der Waals surface area (Å²) in [6, 6.07) is 7.83. The van der Waals surface area contributed by atoms with Gasteiger partial charge in [-0.2, -0.15) is 0 Å². The Morgan fingerprint density at radius 1 is 1.09 bits per heavy atom. The molecule has 22 heavy (non-hydrogen) atoms. The lowest BCUT2D eigenvalue weighted by molar-refractivity contribution is -0.139. The first-order valence-corrected chi connectivity index (χ1v) is 7.57. The Balaban J connectivity index is 1.63. The first-order chi connectivity index (χ1) is 10.6. The Morgan fingerprint density at radius 3 is 2.41 bits per heavy atom. The maximum Gasteiger partial charge on any atom is 0.309 e. The second-order valence-electron chi connectivity index (χ2n) is 5.38. The van der Waals surface area contributed by atoms with E-state index < -0.39 is 11.8 Å². The summed E-state index contributed by atoms with van der Waals surface area (Å²) < 4.78 is 5.25. The van der Waals surface area contributed by atoms with Crippen LogP contribution in [0.25, 0.3) is 0 Å². The van der Waals surface area contributed by atoms with Crippen LogP contribution >= 0.6 is 0 Å². The van der Waals surface area contributed by atoms with Crippen molar-refractivity contribution in [1.82, 2.24) is 15.5 Å². The summed E-state index contributed by atoms with van der Waals surface area (Å²) in [4.78, 5) is 25.6. The first-order valence-electron chi connectivity index (χ1n) is 7.57. The van der Waals surface area contributed by atoms with Crippen molar-refractivity contribution in [1.29, 1.82) is 0 Å². The minimum absolute atomic E-state index is 0.357. The minimum Gasteiger partial charge on any atom is -0.379 e. The molecule has 1 saturated heterocycles. The van der Waals surface area contributed by atoms with E-state index in [2.05, 4.69) is 15.5 Å². The van der Waals surface area contributed by atoms with Crippen LogP contribution in [0.15, 0.2) is 24.3 Å². The van der Waals surface area contributed by atoms with Crippen LogP contribution in [0.3, 0.4) is 0 Å². The third kappa shape index (κ3) is 5.46. The number of rotatable bonds is 5. The van der Waals surface area contributed by atoms with Crippen LogP contribution < -0.4 is 10.6 Å². The second kappa shape index (κ2) is 8.51. The number of nitrogens with one attached hydrogen (secondary N) is 2. The highest BCUT2D eigenvalue weighted by molar-refractivity contribution is 6.35. The number of nitrogens with zero attached hydrogens (tertiary/aromatic N) is 1. The van der Waals surface area contributed by atoms with Crippen molar-refractivity contribution in [3.63, 3.8) is 0 Å². The number of carbonyl (C=O) groups is 2. The maximum atomic E-state index is 11.7. The maximum absolute atomic E-state index is 11.7. The molecule has 0 unspecified atom stereocenters. The fraction of sp³-hybridized carbons (Fsp3) is 0.500. The lowest BCUT2D eigenvalue weighted by Crippen LogP contribution is -2.44. The van der Waals surface area contributed by atoms with Crippen LogP contribution in [0, 0.1) is 6.92 Å². The molecule has 0 aromatic heterocycles. The fourth-order valence-corrected chi connectivity index (χ4v) is 2.20. The SMILES string of the molecule is Cc1ccc(CNC(=O)C(=O)NCCN2CCOCC2)cc1. The molecule has 2 rings (SSSR count). The first kappa shape index (κ1) is 16.5. The van der Waals surface area contributed by atoms with Gasteiger partial charge in [0.15, 0.2) is 0 Å². The van der Waals surface area contributed by atoms with Gasteiger partial charge in [0.25, 0.3) is 0 Å². The molecule has 1 aliphatic rings. The molecule has 120 valence electrons. The van der Waals surface area contributed by atoms with Crippen molar-refractivity contribution in [3.8, 4) is 0 Å². The number of ether oxygens (including phenoxy) is 1. The van der Waals surface area contributed by atoms with Gasteiger partial charge in [-0.15, -0.1) is 0 Å². The third-order valence-electron chi connectivity index (χ3n) is 3.60. The molecule has 0 bridgehead atoms. The van der Waals surface area contributed by atoms with Gasteiger partial charge in [-0.05, 0) is 12.5 Å². The molecule has 2 amide bonds. The molecule has 2 N–H and O–H groups in total. The number of benzene rings is 1. The van der Waals surface area contributed by atoms with E-state index in [1.54, 1.807) is 0 Å². The lowest BCUT2D eigenvalue weighted by Gasteiger charge is -2.26. The number of morpholine rings is 1. The molecule has 1 aliphatic heterocycles. The number of amides is 2. The summed E-state index contributed by atoms with van der Waals surface area (Å²) in [5, 5.41) is 5.26. The number of hydrogen-bond donors (Lipinski definition) is 2. The van der Waals surface area contributed by atoms with Gasteiger partial charge in [0, 0.05) is 32.7 Å². The van der Waals surface area contributed by atoms with Gasteiger partial charge in [0.2, 0.25) is 0 Å². The second-order valence-corrected chi connectivity index (χ2v) is 5.38. The van der Waals surface area contributed by atoms with Crippen LogP contribution in [-0.2, 0) is 20.9 Å². The van der Waals surface area contributed by atoms with Crippen molar-refractivity contribution >= 4 is 11.8 Å². The zero-order valence-corrected chi connectivity index (χ0v) is 12.9. The van der Waals surface area contributed by atoms with Gasteiger partial charge in [-0.25, -0.2) is 0 Å². The molecule has 0 saturated carbocycles. The van der Waals surface area contributed by atoms with Crippen molar-refractivity contribution in [2.75, 3.05) is 39.4 Å². The van der Waals surface area contributed by atoms with E-state index in [-0.39, 0.29) is 0 Å². The summed E-state index contributed by atoms with van der Waals surface area (Å²) in [5.41, 5.74) is 2.14. The van der Waals surface area contributed by atoms with E-state index >= 15 is 0 Å². The van der Waals surface area contributed by atoms with Crippen LogP contribution in [-0.4, -0.2) is 56.1 Å². The molecule has 6 nitrogen and oxygen atoms in total. The molecule has 1 aromatic carbocycles. The Bertz CT molecular complexity index is 496. The van der Waals surface area contributed by atoms with E-state index in [1.807, 2.05) is 31.2 Å². The summed E-state index contributed by atoms with van der Waals surface area (Å²) in [6.45, 7) is 6.76. The van der Waals surface area contributed by atoms with E-state index in [4.69, 9.17) is 4.74 Å². The molecule has 0 aliphatic carbocycles. The molecular weight excluding hydrogens is 282 g/mol. The van der Waals surface area contributed by atoms with Crippen LogP contribution in [0.1, 0.15) is 11.1 Å². The highest BCUT2D eigenvalue weighted by Gasteiger charge is 2.14. The van der Waals surface area contributed by atoms with Gasteiger partial charge < -0.3 is 15.4 Å². The predicted molar refractivity (Wildman–Crippen MR) is 83.3 cm³/mol. The Morgan fingerprint density at radius 2 is 1.73 bits per heavy atom. The zero-order chi connectivity index (χ0) is 15.8. The molecule has 0 atom stereocenters. The molecule has 1 aromatic rings. The molecule has 0 radical (unpaired) electrons. The van der Waals surface area contributed by atoms with Crippen LogP contribution in [0.4, 0.5) is 0 Å². The molecule has 1 fully saturated rings. The number of aryl methyl sites for hydroxylation is 1. The number of hydrogen-bond acceptors (Lipinski definition) is 4. The Kier molecular flexibility index (Phi) is 6.36. The molecule has 1 heterocycles. The normalized spacial score (nSPS) is 15.3. The van der Waals surface area contributed by atoms with Crippen molar-refractivity contribution in [2.45, 2.75) is 13.5 Å². The standard InChI is InChI=1S/C16H23N3O3/c1-13-2-4-14(5-3-13)12-18-16(21)15(20)17-6-7-19-8-10-22-11-9-19/h2-5H,6-12H2,1H3,(H,17,20)(H,18,21). The van der Waals surface area contributed by atoms with Gasteiger partial charge in [0.1, 0.15) is 0 Å².